The predicted octanol–water partition coefficient (Wildman–Crippen LogP) is 9.79. The molecule has 0 spiro atoms. The first kappa shape index (κ1) is 22.0. The van der Waals surface area contributed by atoms with Gasteiger partial charge in [0.15, 0.2) is 0 Å². The van der Waals surface area contributed by atoms with Gasteiger partial charge in [-0.2, -0.15) is 0 Å². The topological polar surface area (TPSA) is 40.5 Å². The Morgan fingerprint density at radius 2 is 0.688 bits per heavy atom. The number of hydrogen-bond acceptors (Lipinski definition) is 2. The van der Waals surface area contributed by atoms with Crippen LogP contribution in [0.2, 0.25) is 0 Å². The van der Waals surface area contributed by atoms with Crippen LogP contribution in [0.5, 0.6) is 11.5 Å². The van der Waals surface area contributed by atoms with E-state index in [1.54, 1.807) is 0 Å². The fourth-order valence-electron chi connectivity index (χ4n) is 4.17. The maximum absolute atomic E-state index is 10.2. The number of hydrogen-bond donors (Lipinski definition) is 2. The number of phenols is 2. The average Bonchev–Trinajstić information content (AvgIpc) is 2.78. The predicted molar refractivity (Wildman–Crippen MR) is 146 cm³/mol. The van der Waals surface area contributed by atoms with Gasteiger partial charge in [0.05, 0.1) is 17.9 Å². The summed E-state index contributed by atoms with van der Waals surface area (Å²) in [5.41, 5.74) is 4.18. The first-order chi connectivity index (χ1) is 15.4. The molecule has 158 valence electrons. The van der Waals surface area contributed by atoms with Gasteiger partial charge in [-0.15, -0.1) is 0 Å². The molecule has 0 radical (unpaired) electrons. The molecule has 0 saturated heterocycles. The van der Waals surface area contributed by atoms with Crippen molar-refractivity contribution in [3.63, 3.8) is 0 Å². The van der Waals surface area contributed by atoms with Crippen LogP contribution in [0, 0.1) is 0 Å². The van der Waals surface area contributed by atoms with Crippen LogP contribution in [-0.4, -0.2) is 10.2 Å². The molecule has 0 aromatic heterocycles. The van der Waals surface area contributed by atoms with Crippen LogP contribution in [0.1, 0.15) is 0 Å². The van der Waals surface area contributed by atoms with Crippen LogP contribution >= 0.6 is 63.7 Å². The standard InChI is InChI=1S/C26H14Br4O2/c27-19-9-13(10-20(28)25(19)31)23-15-5-1-2-6-16(15)24(18-8-4-3-7-17(18)23)14-11-21(29)26(32)22(30)12-14/h1-12,31-32H. The number of phenolic OH excluding ortho intramolecular Hbond substituents is 2. The summed E-state index contributed by atoms with van der Waals surface area (Å²) >= 11 is 13.9. The number of aromatic hydroxyl groups is 2. The minimum absolute atomic E-state index is 0.178. The molecule has 0 aliphatic rings. The smallest absolute Gasteiger partial charge is 0.143 e. The molecule has 5 aromatic rings. The van der Waals surface area contributed by atoms with E-state index in [-0.39, 0.29) is 11.5 Å². The molecule has 0 unspecified atom stereocenters. The van der Waals surface area contributed by atoms with Crippen molar-refractivity contribution >= 4 is 85.3 Å². The fourth-order valence-corrected chi connectivity index (χ4v) is 6.54. The molecule has 5 rings (SSSR count). The normalized spacial score (nSPS) is 11.4. The second-order valence-electron chi connectivity index (χ2n) is 7.42. The van der Waals surface area contributed by atoms with Crippen molar-refractivity contribution in [1.82, 2.24) is 0 Å². The maximum atomic E-state index is 10.2. The van der Waals surface area contributed by atoms with Gasteiger partial charge in [-0.25, -0.2) is 0 Å². The van der Waals surface area contributed by atoms with Gasteiger partial charge in [0.2, 0.25) is 0 Å². The van der Waals surface area contributed by atoms with Gasteiger partial charge >= 0.3 is 0 Å². The molecule has 5 aromatic carbocycles. The molecule has 0 amide bonds. The molecule has 0 bridgehead atoms. The molecule has 2 nitrogen and oxygen atoms in total. The van der Waals surface area contributed by atoms with Gasteiger partial charge in [0.1, 0.15) is 11.5 Å². The Bertz CT molecular complexity index is 1320. The summed E-state index contributed by atoms with van der Waals surface area (Å²) in [7, 11) is 0. The quantitative estimate of drug-likeness (QED) is 0.183. The number of halogens is 4. The summed E-state index contributed by atoms with van der Waals surface area (Å²) in [6.45, 7) is 0. The summed E-state index contributed by atoms with van der Waals surface area (Å²) in [6, 6.07) is 24.4. The van der Waals surface area contributed by atoms with Crippen LogP contribution in [0.4, 0.5) is 0 Å². The van der Waals surface area contributed by atoms with Crippen LogP contribution < -0.4 is 0 Å². The summed E-state index contributed by atoms with van der Waals surface area (Å²) in [4.78, 5) is 0. The van der Waals surface area contributed by atoms with Gasteiger partial charge in [0, 0.05) is 0 Å². The van der Waals surface area contributed by atoms with E-state index in [0.29, 0.717) is 17.9 Å². The van der Waals surface area contributed by atoms with E-state index in [4.69, 9.17) is 0 Å². The van der Waals surface area contributed by atoms with Gasteiger partial charge in [-0.1, -0.05) is 48.5 Å². The molecule has 0 fully saturated rings. The van der Waals surface area contributed by atoms with Gasteiger partial charge < -0.3 is 10.2 Å². The summed E-state index contributed by atoms with van der Waals surface area (Å²) in [5, 5.41) is 24.9. The van der Waals surface area contributed by atoms with E-state index in [1.807, 2.05) is 48.5 Å². The van der Waals surface area contributed by atoms with Gasteiger partial charge in [-0.05, 0) is 132 Å². The van der Waals surface area contributed by atoms with E-state index in [9.17, 15) is 10.2 Å². The first-order valence-corrected chi connectivity index (χ1v) is 12.8. The third kappa shape index (κ3) is 3.58. The Morgan fingerprint density at radius 1 is 0.438 bits per heavy atom. The molecular weight excluding hydrogens is 664 g/mol. The zero-order valence-corrected chi connectivity index (χ0v) is 22.7. The SMILES string of the molecule is Oc1c(Br)cc(-c2c3ccccc3c(-c3cc(Br)c(O)c(Br)c3)c3ccccc23)cc1Br. The molecule has 0 heterocycles. The zero-order valence-electron chi connectivity index (χ0n) is 16.3. The lowest BCUT2D eigenvalue weighted by atomic mass is 9.86. The van der Waals surface area contributed by atoms with Crippen LogP contribution in [0.15, 0.2) is 90.7 Å². The highest BCUT2D eigenvalue weighted by Crippen LogP contribution is 2.47. The Morgan fingerprint density at radius 3 is 0.938 bits per heavy atom. The molecule has 2 N–H and O–H groups in total. The lowest BCUT2D eigenvalue weighted by Crippen LogP contribution is -1.91. The van der Waals surface area contributed by atoms with Crippen molar-refractivity contribution in [1.29, 1.82) is 0 Å². The van der Waals surface area contributed by atoms with Crippen LogP contribution in [0.25, 0.3) is 43.8 Å². The Labute approximate surface area is 218 Å². The zero-order chi connectivity index (χ0) is 22.6. The first-order valence-electron chi connectivity index (χ1n) is 9.67. The lowest BCUT2D eigenvalue weighted by Gasteiger charge is -2.19. The fraction of sp³-hybridized carbons (Fsp3) is 0. The largest absolute Gasteiger partial charge is 0.506 e. The summed E-state index contributed by atoms with van der Waals surface area (Å²) in [5.74, 6) is 0.357. The molecular formula is C26H14Br4O2. The Hall–Kier alpha value is -1.86. The Balaban J connectivity index is 1.97. The molecule has 32 heavy (non-hydrogen) atoms. The molecule has 6 heteroatoms. The van der Waals surface area contributed by atoms with Crippen molar-refractivity contribution in [3.8, 4) is 33.8 Å². The third-order valence-corrected chi connectivity index (χ3v) is 7.96. The summed E-state index contributed by atoms with van der Waals surface area (Å²) in [6.07, 6.45) is 0. The minimum Gasteiger partial charge on any atom is -0.506 e. The highest BCUT2D eigenvalue weighted by atomic mass is 79.9. The second-order valence-corrected chi connectivity index (χ2v) is 10.8. The van der Waals surface area contributed by atoms with Crippen LogP contribution in [-0.2, 0) is 0 Å². The van der Waals surface area contributed by atoms with Crippen molar-refractivity contribution in [2.45, 2.75) is 0 Å². The number of benzene rings is 5. The van der Waals surface area contributed by atoms with Gasteiger partial charge in [-0.3, -0.25) is 0 Å². The van der Waals surface area contributed by atoms with Crippen molar-refractivity contribution in [3.05, 3.63) is 90.7 Å². The van der Waals surface area contributed by atoms with Crippen molar-refractivity contribution in [2.24, 2.45) is 0 Å². The molecule has 0 saturated carbocycles. The van der Waals surface area contributed by atoms with E-state index in [2.05, 4.69) is 88.0 Å². The van der Waals surface area contributed by atoms with Gasteiger partial charge in [0.25, 0.3) is 0 Å². The minimum atomic E-state index is 0.178. The lowest BCUT2D eigenvalue weighted by molar-refractivity contribution is 0.468. The van der Waals surface area contributed by atoms with E-state index in [0.717, 1.165) is 43.8 Å². The van der Waals surface area contributed by atoms with E-state index in [1.165, 1.54) is 0 Å². The molecule has 0 atom stereocenters. The van der Waals surface area contributed by atoms with E-state index < -0.39 is 0 Å². The molecule has 0 aliphatic heterocycles. The average molecular weight is 678 g/mol. The molecule has 0 aliphatic carbocycles. The number of fused-ring (bicyclic) bond motifs is 2. The summed E-state index contributed by atoms with van der Waals surface area (Å²) < 4.78 is 2.52. The third-order valence-electron chi connectivity index (χ3n) is 5.54. The van der Waals surface area contributed by atoms with E-state index >= 15 is 0 Å². The number of rotatable bonds is 2. The highest BCUT2D eigenvalue weighted by Gasteiger charge is 2.19. The monoisotopic (exact) mass is 674 g/mol. The maximum Gasteiger partial charge on any atom is 0.143 e. The van der Waals surface area contributed by atoms with Crippen molar-refractivity contribution in [2.75, 3.05) is 0 Å². The van der Waals surface area contributed by atoms with Crippen molar-refractivity contribution < 1.29 is 10.2 Å². The van der Waals surface area contributed by atoms with Crippen LogP contribution in [0.3, 0.4) is 0 Å². The second kappa shape index (κ2) is 8.49. The Kier molecular flexibility index (Phi) is 5.82. The highest BCUT2D eigenvalue weighted by molar-refractivity contribution is 9.11.